The van der Waals surface area contributed by atoms with Gasteiger partial charge in [0.15, 0.2) is 0 Å². The van der Waals surface area contributed by atoms with Crippen LogP contribution in [0.2, 0.25) is 0 Å². The van der Waals surface area contributed by atoms with E-state index in [0.29, 0.717) is 18.4 Å². The smallest absolute Gasteiger partial charge is 0.0493 e. The Morgan fingerprint density at radius 2 is 1.75 bits per heavy atom. The second-order valence-corrected chi connectivity index (χ2v) is 10.4. The third kappa shape index (κ3) is 6.42. The van der Waals surface area contributed by atoms with Gasteiger partial charge in [0.25, 0.3) is 0 Å². The summed E-state index contributed by atoms with van der Waals surface area (Å²) in [6.07, 6.45) is 5.31. The molecule has 165 valence electrons. The first-order chi connectivity index (χ1) is 15.0. The molecule has 0 fully saturated rings. The Morgan fingerprint density at radius 3 is 2.44 bits per heavy atom. The summed E-state index contributed by atoms with van der Waals surface area (Å²) in [6, 6.07) is 23.9. The van der Waals surface area contributed by atoms with E-state index in [1.54, 1.807) is 11.3 Å². The molecule has 0 amide bonds. The predicted molar refractivity (Wildman–Crippen MR) is 132 cm³/mol. The van der Waals surface area contributed by atoms with Crippen molar-refractivity contribution in [3.63, 3.8) is 0 Å². The van der Waals surface area contributed by atoms with E-state index in [1.807, 2.05) is 6.07 Å². The molecule has 3 aromatic rings. The minimum atomic E-state index is 0. The van der Waals surface area contributed by atoms with Gasteiger partial charge in [-0.1, -0.05) is 86.1 Å². The van der Waals surface area contributed by atoms with Crippen molar-refractivity contribution in [1.29, 1.82) is 0 Å². The molecule has 32 heavy (non-hydrogen) atoms. The van der Waals surface area contributed by atoms with Crippen LogP contribution in [-0.4, -0.2) is 6.61 Å². The number of allylic oxidation sites excluding steroid dienone is 2. The molecular formula is C28H30ClOSY-. The summed E-state index contributed by atoms with van der Waals surface area (Å²) in [5, 5.41) is 4.13. The van der Waals surface area contributed by atoms with Gasteiger partial charge in [-0.2, -0.15) is 12.1 Å². The van der Waals surface area contributed by atoms with E-state index >= 15 is 0 Å². The standard InChI is InChI=1S/C28H30ClOS.Y/c1-28(2,23-7-4-3-5-8-23)24-14-10-21(11-15-24)12-16-26-22(13-17-27(26)29)19-30-20-25-9-6-18-31-25;/h3-11,14-15,17,22,26H,12-13,16,19-20H2,1-2H3;/q-1;/t22-,26-;/m1./s1. The third-order valence-electron chi connectivity index (χ3n) is 6.56. The Hall–Kier alpha value is -0.766. The molecule has 4 heteroatoms. The molecule has 1 radical (unpaired) electrons. The molecule has 0 saturated carbocycles. The number of benzene rings is 2. The van der Waals surface area contributed by atoms with Gasteiger partial charge in [-0.25, -0.2) is 0 Å². The van der Waals surface area contributed by atoms with Crippen LogP contribution in [0.5, 0.6) is 0 Å². The SMILES string of the molecule is CC(C)(c1ccccc1)c1ccc(CC[C@H]2C(Cl)=CC[C@@H]2COCc2cc[c-]s2)cc1.[Y]. The van der Waals surface area contributed by atoms with E-state index in [-0.39, 0.29) is 38.1 Å². The molecule has 0 aliphatic heterocycles. The molecule has 0 bridgehead atoms. The second kappa shape index (κ2) is 12.1. The van der Waals surface area contributed by atoms with Crippen LogP contribution in [0.1, 0.15) is 48.3 Å². The van der Waals surface area contributed by atoms with Crippen LogP contribution in [-0.2, 0) is 55.9 Å². The molecule has 0 unspecified atom stereocenters. The fourth-order valence-electron chi connectivity index (χ4n) is 4.45. The van der Waals surface area contributed by atoms with Crippen molar-refractivity contribution in [2.24, 2.45) is 11.8 Å². The van der Waals surface area contributed by atoms with Crippen molar-refractivity contribution in [2.75, 3.05) is 6.61 Å². The minimum Gasteiger partial charge on any atom is -0.389 e. The van der Waals surface area contributed by atoms with Gasteiger partial charge in [0.05, 0.1) is 0 Å². The van der Waals surface area contributed by atoms with Crippen LogP contribution < -0.4 is 0 Å². The average molecular weight is 539 g/mol. The molecule has 0 N–H and O–H groups in total. The first kappa shape index (κ1) is 25.8. The molecule has 1 aliphatic rings. The van der Waals surface area contributed by atoms with Gasteiger partial charge in [-0.15, -0.1) is 10.3 Å². The van der Waals surface area contributed by atoms with Crippen molar-refractivity contribution >= 4 is 22.9 Å². The quantitative estimate of drug-likeness (QED) is 0.253. The van der Waals surface area contributed by atoms with Crippen molar-refractivity contribution in [3.05, 3.63) is 105 Å². The fraction of sp³-hybridized carbons (Fsp3) is 0.357. The summed E-state index contributed by atoms with van der Waals surface area (Å²) in [5.41, 5.74) is 4.06. The van der Waals surface area contributed by atoms with Crippen molar-refractivity contribution < 1.29 is 37.4 Å². The summed E-state index contributed by atoms with van der Waals surface area (Å²) >= 11 is 8.20. The molecule has 2 aromatic carbocycles. The van der Waals surface area contributed by atoms with E-state index in [0.717, 1.165) is 30.9 Å². The van der Waals surface area contributed by atoms with Crippen LogP contribution >= 0.6 is 22.9 Å². The topological polar surface area (TPSA) is 9.23 Å². The molecule has 1 aliphatic carbocycles. The minimum absolute atomic E-state index is 0. The maximum absolute atomic E-state index is 6.57. The summed E-state index contributed by atoms with van der Waals surface area (Å²) < 4.78 is 5.99. The molecule has 1 aromatic heterocycles. The van der Waals surface area contributed by atoms with E-state index in [2.05, 4.69) is 86.0 Å². The number of aryl methyl sites for hydroxylation is 1. The van der Waals surface area contributed by atoms with Gasteiger partial charge < -0.3 is 4.74 Å². The zero-order valence-corrected chi connectivity index (χ0v) is 23.3. The summed E-state index contributed by atoms with van der Waals surface area (Å²) in [6.45, 7) is 6.02. The molecule has 1 heterocycles. The Kier molecular flexibility index (Phi) is 9.76. The molecule has 2 atom stereocenters. The molecule has 0 spiro atoms. The van der Waals surface area contributed by atoms with Crippen molar-refractivity contribution in [2.45, 2.75) is 45.1 Å². The first-order valence-corrected chi connectivity index (χ1v) is 12.3. The van der Waals surface area contributed by atoms with Crippen LogP contribution in [0.3, 0.4) is 0 Å². The van der Waals surface area contributed by atoms with E-state index < -0.39 is 0 Å². The molecular weight excluding hydrogens is 509 g/mol. The number of hydrogen-bond acceptors (Lipinski definition) is 2. The van der Waals surface area contributed by atoms with Crippen molar-refractivity contribution in [1.82, 2.24) is 0 Å². The Bertz CT molecular complexity index is 980. The summed E-state index contributed by atoms with van der Waals surface area (Å²) in [4.78, 5) is 1.23. The van der Waals surface area contributed by atoms with Gasteiger partial charge in [0, 0.05) is 56.4 Å². The normalized spacial score (nSPS) is 18.3. The van der Waals surface area contributed by atoms with E-state index in [4.69, 9.17) is 16.3 Å². The van der Waals surface area contributed by atoms with E-state index in [9.17, 15) is 0 Å². The Balaban J connectivity index is 0.00000289. The average Bonchev–Trinajstić information content (AvgIpc) is 3.43. The van der Waals surface area contributed by atoms with Gasteiger partial charge in [-0.3, -0.25) is 11.3 Å². The molecule has 0 saturated heterocycles. The van der Waals surface area contributed by atoms with Crippen LogP contribution in [0, 0.1) is 17.2 Å². The molecule has 1 nitrogen and oxygen atoms in total. The number of thiophene rings is 1. The van der Waals surface area contributed by atoms with Crippen LogP contribution in [0.4, 0.5) is 0 Å². The van der Waals surface area contributed by atoms with Gasteiger partial charge in [0.1, 0.15) is 0 Å². The van der Waals surface area contributed by atoms with Crippen LogP contribution in [0.25, 0.3) is 0 Å². The maximum atomic E-state index is 6.57. The maximum Gasteiger partial charge on any atom is 0.0493 e. The number of halogens is 1. The largest absolute Gasteiger partial charge is 0.389 e. The van der Waals surface area contributed by atoms with E-state index in [1.165, 1.54) is 21.6 Å². The summed E-state index contributed by atoms with van der Waals surface area (Å²) in [7, 11) is 0. The van der Waals surface area contributed by atoms with Crippen molar-refractivity contribution in [3.8, 4) is 0 Å². The molecule has 4 rings (SSSR count). The third-order valence-corrected chi connectivity index (χ3v) is 7.76. The first-order valence-electron chi connectivity index (χ1n) is 11.1. The number of rotatable bonds is 9. The zero-order chi connectivity index (χ0) is 21.7. The Labute approximate surface area is 227 Å². The van der Waals surface area contributed by atoms with Crippen LogP contribution in [0.15, 0.2) is 77.8 Å². The Morgan fingerprint density at radius 1 is 1.03 bits per heavy atom. The zero-order valence-electron chi connectivity index (χ0n) is 18.9. The fourth-order valence-corrected chi connectivity index (χ4v) is 5.40. The second-order valence-electron chi connectivity index (χ2n) is 8.95. The summed E-state index contributed by atoms with van der Waals surface area (Å²) in [5.74, 6) is 0.879. The van der Waals surface area contributed by atoms with Gasteiger partial charge in [0.2, 0.25) is 0 Å². The predicted octanol–water partition coefficient (Wildman–Crippen LogP) is 7.78. The van der Waals surface area contributed by atoms with Gasteiger partial charge in [-0.05, 0) is 47.8 Å². The monoisotopic (exact) mass is 538 g/mol. The van der Waals surface area contributed by atoms with Gasteiger partial charge >= 0.3 is 0 Å². The number of ether oxygens (including phenoxy) is 1. The number of hydrogen-bond donors (Lipinski definition) is 0.